The molecule has 0 bridgehead atoms. The zero-order valence-corrected chi connectivity index (χ0v) is 18.8. The number of nitrogens with zero attached hydrogens (tertiary/aromatic N) is 2. The van der Waals surface area contributed by atoms with Crippen LogP contribution in [0.1, 0.15) is 38.7 Å². The Bertz CT molecular complexity index is 692. The summed E-state index contributed by atoms with van der Waals surface area (Å²) in [4.78, 5) is 16.1. The summed E-state index contributed by atoms with van der Waals surface area (Å²) in [5.74, 6) is 0.745. The zero-order chi connectivity index (χ0) is 21.7. The Morgan fingerprint density at radius 2 is 2.10 bits per heavy atom. The minimum Gasteiger partial charge on any atom is -0.492 e. The molecule has 2 saturated heterocycles. The number of carbonyl (C=O) groups is 1. The number of benzene rings is 1. The highest BCUT2D eigenvalue weighted by Crippen LogP contribution is 2.33. The molecule has 2 aliphatic heterocycles. The third-order valence-electron chi connectivity index (χ3n) is 6.18. The van der Waals surface area contributed by atoms with Gasteiger partial charge >= 0.3 is 0 Å². The molecule has 2 heterocycles. The summed E-state index contributed by atoms with van der Waals surface area (Å²) in [5.41, 5.74) is 0.211. The van der Waals surface area contributed by atoms with Crippen LogP contribution in [0.25, 0.3) is 0 Å². The number of likely N-dealkylation sites (N-methyl/N-ethyl adjacent to an activating group) is 1. The molecule has 2 aliphatic rings. The Morgan fingerprint density at radius 1 is 1.37 bits per heavy atom. The number of nitrogens with one attached hydrogen (secondary N) is 1. The van der Waals surface area contributed by atoms with Gasteiger partial charge in [-0.3, -0.25) is 9.69 Å². The lowest BCUT2D eigenvalue weighted by Gasteiger charge is -2.42. The Morgan fingerprint density at radius 3 is 2.77 bits per heavy atom. The molecule has 4 atom stereocenters. The quantitative estimate of drug-likeness (QED) is 0.700. The average Bonchev–Trinajstić information content (AvgIpc) is 2.79. The molecular formula is C23H37N3O4. The molecule has 0 aromatic heterocycles. The first-order chi connectivity index (χ1) is 14.2. The van der Waals surface area contributed by atoms with Gasteiger partial charge in [-0.25, -0.2) is 0 Å². The van der Waals surface area contributed by atoms with E-state index in [9.17, 15) is 9.90 Å². The molecule has 168 valence electrons. The molecule has 2 N–H and O–H groups in total. The predicted octanol–water partition coefficient (Wildman–Crippen LogP) is 1.64. The molecular weight excluding hydrogens is 382 g/mol. The van der Waals surface area contributed by atoms with Crippen LogP contribution in [-0.2, 0) is 16.1 Å². The maximum absolute atomic E-state index is 11.6. The number of hydrogen-bond acceptors (Lipinski definition) is 6. The molecule has 0 radical (unpaired) electrons. The number of ether oxygens (including phenoxy) is 2. The van der Waals surface area contributed by atoms with Crippen molar-refractivity contribution in [1.82, 2.24) is 15.1 Å². The topological polar surface area (TPSA) is 74.3 Å². The Kier molecular flexibility index (Phi) is 7.74. The van der Waals surface area contributed by atoms with E-state index in [1.54, 1.807) is 0 Å². The largest absolute Gasteiger partial charge is 0.492 e. The van der Waals surface area contributed by atoms with E-state index < -0.39 is 5.60 Å². The van der Waals surface area contributed by atoms with Crippen LogP contribution in [0.5, 0.6) is 5.75 Å². The third kappa shape index (κ3) is 6.17. The van der Waals surface area contributed by atoms with Crippen molar-refractivity contribution in [3.05, 3.63) is 29.8 Å². The number of piperidine rings is 1. The van der Waals surface area contributed by atoms with Gasteiger partial charge in [0.25, 0.3) is 0 Å². The first-order valence-corrected chi connectivity index (χ1v) is 11.0. The summed E-state index contributed by atoms with van der Waals surface area (Å²) in [7, 11) is 4.07. The standard InChI is InChI=1S/C23H37N3O4/c1-17(27)24-22-16-30-21-6-5-11-26(20(21)14-23(22,2)28)15-18-7-9-19(10-8-18)29-13-12-25(3)4/h7-10,20-22,28H,5-6,11-16H2,1-4H3,(H,24,27)/t20-,21-,22-,23-/m1/s1. The van der Waals surface area contributed by atoms with Gasteiger partial charge in [0, 0.05) is 26.1 Å². The molecule has 7 heteroatoms. The van der Waals surface area contributed by atoms with Crippen LogP contribution in [0, 0.1) is 0 Å². The lowest BCUT2D eigenvalue weighted by Crippen LogP contribution is -2.55. The molecule has 0 saturated carbocycles. The van der Waals surface area contributed by atoms with Crippen LogP contribution < -0.4 is 10.1 Å². The maximum Gasteiger partial charge on any atom is 0.217 e. The van der Waals surface area contributed by atoms with E-state index in [1.807, 2.05) is 33.2 Å². The number of carbonyl (C=O) groups excluding carboxylic acids is 1. The van der Waals surface area contributed by atoms with Crippen molar-refractivity contribution in [3.8, 4) is 5.75 Å². The van der Waals surface area contributed by atoms with Crippen molar-refractivity contribution in [2.24, 2.45) is 0 Å². The minimum atomic E-state index is -1.01. The van der Waals surface area contributed by atoms with Crippen LogP contribution in [-0.4, -0.2) is 85.0 Å². The van der Waals surface area contributed by atoms with Crippen molar-refractivity contribution < 1.29 is 19.4 Å². The molecule has 1 amide bonds. The first-order valence-electron chi connectivity index (χ1n) is 11.0. The van der Waals surface area contributed by atoms with Crippen LogP contribution in [0.2, 0.25) is 0 Å². The summed E-state index contributed by atoms with van der Waals surface area (Å²) < 4.78 is 12.0. The average molecular weight is 420 g/mol. The summed E-state index contributed by atoms with van der Waals surface area (Å²) in [6.45, 7) is 6.98. The lowest BCUT2D eigenvalue weighted by molar-refractivity contribution is -0.122. The van der Waals surface area contributed by atoms with Crippen molar-refractivity contribution in [3.63, 3.8) is 0 Å². The van der Waals surface area contributed by atoms with E-state index in [0.29, 0.717) is 19.6 Å². The smallest absolute Gasteiger partial charge is 0.217 e. The van der Waals surface area contributed by atoms with E-state index >= 15 is 0 Å². The van der Waals surface area contributed by atoms with Gasteiger partial charge in [-0.05, 0) is 64.5 Å². The van der Waals surface area contributed by atoms with Crippen LogP contribution in [0.4, 0.5) is 0 Å². The summed E-state index contributed by atoms with van der Waals surface area (Å²) in [6, 6.07) is 8.02. The zero-order valence-electron chi connectivity index (χ0n) is 18.8. The molecule has 2 fully saturated rings. The van der Waals surface area contributed by atoms with E-state index in [4.69, 9.17) is 9.47 Å². The summed E-state index contributed by atoms with van der Waals surface area (Å²) in [5, 5.41) is 14.0. The predicted molar refractivity (Wildman–Crippen MR) is 117 cm³/mol. The molecule has 30 heavy (non-hydrogen) atoms. The maximum atomic E-state index is 11.6. The Labute approximate surface area is 180 Å². The second-order valence-corrected chi connectivity index (χ2v) is 9.16. The molecule has 1 aromatic carbocycles. The SMILES string of the molecule is CC(=O)N[C@@H]1CO[C@@H]2CCCN(Cc3ccc(OCCN(C)C)cc3)[C@@H]2C[C@@]1(C)O. The Balaban J connectivity index is 1.64. The fourth-order valence-corrected chi connectivity index (χ4v) is 4.42. The number of likely N-dealkylation sites (tertiary alicyclic amines) is 1. The lowest BCUT2D eigenvalue weighted by atomic mass is 9.85. The van der Waals surface area contributed by atoms with E-state index in [0.717, 1.165) is 38.2 Å². The minimum absolute atomic E-state index is 0.0811. The molecule has 0 aliphatic carbocycles. The highest BCUT2D eigenvalue weighted by molar-refractivity contribution is 5.73. The number of aliphatic hydroxyl groups is 1. The Hall–Kier alpha value is -1.67. The molecule has 1 aromatic rings. The second kappa shape index (κ2) is 10.1. The van der Waals surface area contributed by atoms with Crippen molar-refractivity contribution in [2.45, 2.75) is 63.4 Å². The van der Waals surface area contributed by atoms with Gasteiger partial charge in [-0.2, -0.15) is 0 Å². The third-order valence-corrected chi connectivity index (χ3v) is 6.18. The highest BCUT2D eigenvalue weighted by atomic mass is 16.5. The van der Waals surface area contributed by atoms with Gasteiger partial charge in [0.15, 0.2) is 0 Å². The van der Waals surface area contributed by atoms with Crippen molar-refractivity contribution >= 4 is 5.91 Å². The van der Waals surface area contributed by atoms with Gasteiger partial charge in [0.1, 0.15) is 12.4 Å². The molecule has 0 unspecified atom stereocenters. The van der Waals surface area contributed by atoms with Gasteiger partial charge in [-0.15, -0.1) is 0 Å². The number of amides is 1. The number of rotatable bonds is 7. The molecule has 0 spiro atoms. The fraction of sp³-hybridized carbons (Fsp3) is 0.696. The van der Waals surface area contributed by atoms with Gasteiger partial charge in [0.05, 0.1) is 24.4 Å². The normalized spacial score (nSPS) is 29.9. The fourth-order valence-electron chi connectivity index (χ4n) is 4.42. The highest BCUT2D eigenvalue weighted by Gasteiger charge is 2.44. The molecule has 7 nitrogen and oxygen atoms in total. The van der Waals surface area contributed by atoms with Crippen molar-refractivity contribution in [1.29, 1.82) is 0 Å². The second-order valence-electron chi connectivity index (χ2n) is 9.16. The van der Waals surface area contributed by atoms with Gasteiger partial charge in [0.2, 0.25) is 5.91 Å². The van der Waals surface area contributed by atoms with E-state index in [1.165, 1.54) is 12.5 Å². The number of hydrogen-bond donors (Lipinski definition) is 2. The first kappa shape index (κ1) is 23.0. The monoisotopic (exact) mass is 419 g/mol. The van der Waals surface area contributed by atoms with Gasteiger partial charge < -0.3 is 24.8 Å². The van der Waals surface area contributed by atoms with E-state index in [-0.39, 0.29) is 24.1 Å². The van der Waals surface area contributed by atoms with Crippen LogP contribution in [0.3, 0.4) is 0 Å². The van der Waals surface area contributed by atoms with E-state index in [2.05, 4.69) is 27.2 Å². The summed E-state index contributed by atoms with van der Waals surface area (Å²) >= 11 is 0. The number of fused-ring (bicyclic) bond motifs is 1. The summed E-state index contributed by atoms with van der Waals surface area (Å²) in [6.07, 6.45) is 2.72. The molecule has 3 rings (SSSR count). The van der Waals surface area contributed by atoms with Gasteiger partial charge in [-0.1, -0.05) is 12.1 Å². The van der Waals surface area contributed by atoms with Crippen molar-refractivity contribution in [2.75, 3.05) is 40.4 Å². The van der Waals surface area contributed by atoms with Crippen LogP contribution >= 0.6 is 0 Å². The van der Waals surface area contributed by atoms with Crippen LogP contribution in [0.15, 0.2) is 24.3 Å².